The Morgan fingerprint density at radius 2 is 2.00 bits per heavy atom. The normalized spacial score (nSPS) is 16.0. The molecule has 1 fully saturated rings. The Bertz CT molecular complexity index is 612. The van der Waals surface area contributed by atoms with E-state index in [1.165, 1.54) is 0 Å². The van der Waals surface area contributed by atoms with Crippen LogP contribution in [0, 0.1) is 6.92 Å². The fourth-order valence-electron chi connectivity index (χ4n) is 2.55. The molecule has 1 aromatic carbocycles. The molecule has 2 aromatic rings. The van der Waals surface area contributed by atoms with Crippen molar-refractivity contribution < 1.29 is 4.74 Å². The monoisotopic (exact) mass is 347 g/mol. The quantitative estimate of drug-likeness (QED) is 0.850. The van der Waals surface area contributed by atoms with Crippen LogP contribution in [0.25, 0.3) is 0 Å². The van der Waals surface area contributed by atoms with Gasteiger partial charge in [0.25, 0.3) is 0 Å². The van der Waals surface area contributed by atoms with Gasteiger partial charge in [0.05, 0.1) is 0 Å². The summed E-state index contributed by atoms with van der Waals surface area (Å²) in [6, 6.07) is 10.1. The first-order valence-corrected chi connectivity index (χ1v) is 7.96. The van der Waals surface area contributed by atoms with Crippen molar-refractivity contribution in [2.24, 2.45) is 0 Å². The highest BCUT2D eigenvalue weighted by Gasteiger charge is 2.21. The van der Waals surface area contributed by atoms with Crippen molar-refractivity contribution in [3.8, 4) is 5.75 Å². The van der Waals surface area contributed by atoms with Gasteiger partial charge in [-0.3, -0.25) is 0 Å². The molecule has 1 saturated heterocycles. The molecular formula is C16H18BrN3O. The minimum atomic E-state index is 0.276. The molecule has 0 aliphatic carbocycles. The van der Waals surface area contributed by atoms with Crippen LogP contribution in [-0.2, 0) is 0 Å². The Morgan fingerprint density at radius 3 is 2.71 bits per heavy atom. The number of nitrogens with zero attached hydrogens (tertiary/aromatic N) is 3. The topological polar surface area (TPSA) is 38.2 Å². The standard InChI is InChI=1S/C16H18BrN3O/c1-12-9-16(19-11-18-12)20-7-5-14(6-8-20)21-15-4-2-3-13(17)10-15/h2-4,9-11,14H,5-8H2,1H3. The number of aryl methyl sites for hydroxylation is 1. The zero-order valence-electron chi connectivity index (χ0n) is 12.0. The molecule has 2 heterocycles. The van der Waals surface area contributed by atoms with Crippen LogP contribution in [0.15, 0.2) is 41.1 Å². The Morgan fingerprint density at radius 1 is 1.19 bits per heavy atom. The molecule has 0 unspecified atom stereocenters. The number of hydrogen-bond donors (Lipinski definition) is 0. The molecule has 0 radical (unpaired) electrons. The van der Waals surface area contributed by atoms with Crippen LogP contribution >= 0.6 is 15.9 Å². The smallest absolute Gasteiger partial charge is 0.132 e. The summed E-state index contributed by atoms with van der Waals surface area (Å²) in [5.41, 5.74) is 1.01. The van der Waals surface area contributed by atoms with Gasteiger partial charge in [0.2, 0.25) is 0 Å². The highest BCUT2D eigenvalue weighted by Crippen LogP contribution is 2.24. The Labute approximate surface area is 133 Å². The average Bonchev–Trinajstić information content (AvgIpc) is 2.48. The van der Waals surface area contributed by atoms with Crippen molar-refractivity contribution in [3.63, 3.8) is 0 Å². The molecule has 110 valence electrons. The summed E-state index contributed by atoms with van der Waals surface area (Å²) in [6.45, 7) is 3.93. The van der Waals surface area contributed by atoms with Gasteiger partial charge in [-0.2, -0.15) is 0 Å². The molecule has 5 heteroatoms. The first-order chi connectivity index (χ1) is 10.2. The maximum Gasteiger partial charge on any atom is 0.132 e. The zero-order chi connectivity index (χ0) is 14.7. The maximum absolute atomic E-state index is 6.05. The average molecular weight is 348 g/mol. The van der Waals surface area contributed by atoms with Crippen LogP contribution in [0.2, 0.25) is 0 Å². The minimum Gasteiger partial charge on any atom is -0.490 e. The van der Waals surface area contributed by atoms with E-state index in [9.17, 15) is 0 Å². The van der Waals surface area contributed by atoms with Crippen molar-refractivity contribution in [2.75, 3.05) is 18.0 Å². The van der Waals surface area contributed by atoms with Gasteiger partial charge in [-0.25, -0.2) is 9.97 Å². The fourth-order valence-corrected chi connectivity index (χ4v) is 2.93. The maximum atomic E-state index is 6.05. The van der Waals surface area contributed by atoms with Gasteiger partial charge in [0.1, 0.15) is 24.0 Å². The van der Waals surface area contributed by atoms with Gasteiger partial charge in [-0.15, -0.1) is 0 Å². The van der Waals surface area contributed by atoms with Crippen molar-refractivity contribution >= 4 is 21.7 Å². The molecule has 21 heavy (non-hydrogen) atoms. The molecule has 1 aliphatic heterocycles. The van der Waals surface area contributed by atoms with E-state index in [-0.39, 0.29) is 6.10 Å². The fraction of sp³-hybridized carbons (Fsp3) is 0.375. The lowest BCUT2D eigenvalue weighted by Crippen LogP contribution is -2.38. The number of ether oxygens (including phenoxy) is 1. The van der Waals surface area contributed by atoms with Crippen molar-refractivity contribution in [2.45, 2.75) is 25.9 Å². The lowest BCUT2D eigenvalue weighted by Gasteiger charge is -2.33. The number of hydrogen-bond acceptors (Lipinski definition) is 4. The third-order valence-electron chi connectivity index (χ3n) is 3.65. The van der Waals surface area contributed by atoms with E-state index < -0.39 is 0 Å². The van der Waals surface area contributed by atoms with Crippen molar-refractivity contribution in [3.05, 3.63) is 46.8 Å². The summed E-state index contributed by atoms with van der Waals surface area (Å²) in [5.74, 6) is 1.95. The van der Waals surface area contributed by atoms with Crippen LogP contribution < -0.4 is 9.64 Å². The largest absolute Gasteiger partial charge is 0.490 e. The minimum absolute atomic E-state index is 0.276. The summed E-state index contributed by atoms with van der Waals surface area (Å²) >= 11 is 3.47. The number of aromatic nitrogens is 2. The van der Waals surface area contributed by atoms with E-state index in [0.717, 1.165) is 47.7 Å². The molecule has 0 saturated carbocycles. The molecule has 3 rings (SSSR count). The molecule has 0 atom stereocenters. The molecule has 1 aliphatic rings. The van der Waals surface area contributed by atoms with Gasteiger partial charge in [-0.1, -0.05) is 22.0 Å². The van der Waals surface area contributed by atoms with Crippen molar-refractivity contribution in [1.29, 1.82) is 0 Å². The SMILES string of the molecule is Cc1cc(N2CCC(Oc3cccc(Br)c3)CC2)ncn1. The van der Waals surface area contributed by atoms with Gasteiger partial charge in [-0.05, 0) is 25.1 Å². The summed E-state index contributed by atoms with van der Waals surface area (Å²) in [4.78, 5) is 10.8. The number of rotatable bonds is 3. The summed E-state index contributed by atoms with van der Waals surface area (Å²) in [5, 5.41) is 0. The predicted octanol–water partition coefficient (Wildman–Crippen LogP) is 3.60. The second-order valence-electron chi connectivity index (χ2n) is 5.28. The number of piperidine rings is 1. The number of benzene rings is 1. The molecule has 0 amide bonds. The highest BCUT2D eigenvalue weighted by atomic mass is 79.9. The molecular weight excluding hydrogens is 330 g/mol. The lowest BCUT2D eigenvalue weighted by atomic mass is 10.1. The Hall–Kier alpha value is -1.62. The molecule has 4 nitrogen and oxygen atoms in total. The van der Waals surface area contributed by atoms with Crippen LogP contribution in [0.3, 0.4) is 0 Å². The summed E-state index contributed by atoms with van der Waals surface area (Å²) in [6.07, 6.45) is 3.93. The van der Waals surface area contributed by atoms with E-state index in [2.05, 4.69) is 30.8 Å². The Balaban J connectivity index is 1.58. The zero-order valence-corrected chi connectivity index (χ0v) is 13.6. The third-order valence-corrected chi connectivity index (χ3v) is 4.15. The lowest BCUT2D eigenvalue weighted by molar-refractivity contribution is 0.170. The number of halogens is 1. The highest BCUT2D eigenvalue weighted by molar-refractivity contribution is 9.10. The van der Waals surface area contributed by atoms with Crippen LogP contribution in [0.4, 0.5) is 5.82 Å². The first-order valence-electron chi connectivity index (χ1n) is 7.16. The first kappa shape index (κ1) is 14.3. The van der Waals surface area contributed by atoms with E-state index in [0.29, 0.717) is 0 Å². The molecule has 0 spiro atoms. The van der Waals surface area contributed by atoms with Crippen LogP contribution in [0.5, 0.6) is 5.75 Å². The van der Waals surface area contributed by atoms with E-state index in [1.54, 1.807) is 6.33 Å². The van der Waals surface area contributed by atoms with Crippen LogP contribution in [0.1, 0.15) is 18.5 Å². The van der Waals surface area contributed by atoms with Gasteiger partial charge in [0, 0.05) is 42.2 Å². The molecule has 0 N–H and O–H groups in total. The van der Waals surface area contributed by atoms with Gasteiger partial charge < -0.3 is 9.64 Å². The van der Waals surface area contributed by atoms with Crippen molar-refractivity contribution in [1.82, 2.24) is 9.97 Å². The number of anilines is 1. The third kappa shape index (κ3) is 3.73. The Kier molecular flexibility index (Phi) is 4.39. The van der Waals surface area contributed by atoms with Gasteiger partial charge in [0.15, 0.2) is 0 Å². The summed E-state index contributed by atoms with van der Waals surface area (Å²) in [7, 11) is 0. The van der Waals surface area contributed by atoms with Gasteiger partial charge >= 0.3 is 0 Å². The second kappa shape index (κ2) is 6.43. The molecule has 1 aromatic heterocycles. The van der Waals surface area contributed by atoms with E-state index in [4.69, 9.17) is 4.74 Å². The van der Waals surface area contributed by atoms with E-state index in [1.807, 2.05) is 37.3 Å². The predicted molar refractivity (Wildman–Crippen MR) is 86.8 cm³/mol. The molecule has 0 bridgehead atoms. The van der Waals surface area contributed by atoms with Crippen LogP contribution in [-0.4, -0.2) is 29.2 Å². The second-order valence-corrected chi connectivity index (χ2v) is 6.19. The van der Waals surface area contributed by atoms with E-state index >= 15 is 0 Å². The summed E-state index contributed by atoms with van der Waals surface area (Å²) < 4.78 is 7.10.